The average molecular weight is 426 g/mol. The van der Waals surface area contributed by atoms with Gasteiger partial charge in [0.15, 0.2) is 5.01 Å². The summed E-state index contributed by atoms with van der Waals surface area (Å²) in [5, 5.41) is 13.7. The molecule has 154 valence electrons. The second kappa shape index (κ2) is 7.29. The summed E-state index contributed by atoms with van der Waals surface area (Å²) in [5.41, 5.74) is -0.459. The minimum absolute atomic E-state index is 0.0897. The van der Waals surface area contributed by atoms with E-state index in [1.54, 1.807) is 0 Å². The van der Waals surface area contributed by atoms with E-state index in [0.29, 0.717) is 49.4 Å². The number of fused-ring (bicyclic) bond motifs is 1. The van der Waals surface area contributed by atoms with Crippen molar-refractivity contribution in [2.24, 2.45) is 0 Å². The third-order valence-electron chi connectivity index (χ3n) is 5.21. The van der Waals surface area contributed by atoms with Crippen LogP contribution in [0.4, 0.5) is 13.2 Å². The summed E-state index contributed by atoms with van der Waals surface area (Å²) in [7, 11) is 0. The molecule has 0 N–H and O–H groups in total. The molecule has 8 nitrogen and oxygen atoms in total. The summed E-state index contributed by atoms with van der Waals surface area (Å²) in [6.45, 7) is 0.279. The number of halogens is 3. The monoisotopic (exact) mass is 426 g/mol. The summed E-state index contributed by atoms with van der Waals surface area (Å²) in [5.74, 6) is 0.156. The van der Waals surface area contributed by atoms with Gasteiger partial charge in [0.1, 0.15) is 17.9 Å². The summed E-state index contributed by atoms with van der Waals surface area (Å²) in [6, 6.07) is 0.891. The van der Waals surface area contributed by atoms with Crippen LogP contribution < -0.4 is 5.69 Å². The lowest BCUT2D eigenvalue weighted by molar-refractivity contribution is -0.138. The van der Waals surface area contributed by atoms with Crippen molar-refractivity contribution in [1.82, 2.24) is 24.2 Å². The average Bonchev–Trinajstić information content (AvgIpc) is 3.40. The van der Waals surface area contributed by atoms with Crippen LogP contribution in [0.1, 0.15) is 48.3 Å². The van der Waals surface area contributed by atoms with Crippen LogP contribution in [0.5, 0.6) is 0 Å². The molecule has 0 saturated carbocycles. The van der Waals surface area contributed by atoms with Crippen LogP contribution in [-0.2, 0) is 23.9 Å². The molecule has 2 aliphatic heterocycles. The molecule has 0 aromatic carbocycles. The maximum atomic E-state index is 13.0. The van der Waals surface area contributed by atoms with E-state index in [9.17, 15) is 28.0 Å². The number of rotatable bonds is 3. The van der Waals surface area contributed by atoms with Crippen molar-refractivity contribution in [2.45, 2.75) is 56.9 Å². The fraction of sp³-hybridized carbons (Fsp3) is 0.588. The molecule has 2 aromatic heterocycles. The van der Waals surface area contributed by atoms with E-state index in [1.165, 1.54) is 14.8 Å². The first-order valence-electron chi connectivity index (χ1n) is 9.19. The van der Waals surface area contributed by atoms with E-state index in [-0.39, 0.29) is 18.1 Å². The molecule has 29 heavy (non-hydrogen) atoms. The van der Waals surface area contributed by atoms with Gasteiger partial charge in [0, 0.05) is 18.3 Å². The van der Waals surface area contributed by atoms with Crippen molar-refractivity contribution >= 4 is 17.2 Å². The van der Waals surface area contributed by atoms with Gasteiger partial charge in [-0.1, -0.05) is 0 Å². The van der Waals surface area contributed by atoms with Gasteiger partial charge in [-0.15, -0.1) is 11.3 Å². The van der Waals surface area contributed by atoms with Gasteiger partial charge in [-0.3, -0.25) is 9.36 Å². The maximum Gasteiger partial charge on any atom is 0.443 e. The summed E-state index contributed by atoms with van der Waals surface area (Å²) >= 11 is 0.464. The van der Waals surface area contributed by atoms with Crippen molar-refractivity contribution < 1.29 is 18.0 Å². The zero-order valence-corrected chi connectivity index (χ0v) is 16.0. The lowest BCUT2D eigenvalue weighted by Gasteiger charge is -2.28. The fourth-order valence-electron chi connectivity index (χ4n) is 3.89. The predicted octanol–water partition coefficient (Wildman–Crippen LogP) is 1.96. The first-order chi connectivity index (χ1) is 13.8. The Bertz CT molecular complexity index is 1030. The number of alkyl halides is 3. The Morgan fingerprint density at radius 1 is 1.34 bits per heavy atom. The van der Waals surface area contributed by atoms with Crippen LogP contribution in [0.3, 0.4) is 0 Å². The number of thiazole rings is 1. The molecule has 1 saturated heterocycles. The molecule has 0 radical (unpaired) electrons. The van der Waals surface area contributed by atoms with Crippen LogP contribution in [0.2, 0.25) is 0 Å². The molecule has 2 aromatic rings. The predicted molar refractivity (Wildman–Crippen MR) is 95.0 cm³/mol. The lowest BCUT2D eigenvalue weighted by Crippen LogP contribution is -2.44. The molecule has 0 unspecified atom stereocenters. The molecule has 2 aliphatic rings. The number of aromatic nitrogens is 4. The lowest BCUT2D eigenvalue weighted by atomic mass is 10.0. The minimum Gasteiger partial charge on any atom is -0.325 e. The van der Waals surface area contributed by atoms with E-state index in [0.717, 1.165) is 11.1 Å². The highest BCUT2D eigenvalue weighted by Crippen LogP contribution is 2.32. The summed E-state index contributed by atoms with van der Waals surface area (Å²) in [4.78, 5) is 30.9. The molecule has 4 rings (SSSR count). The van der Waals surface area contributed by atoms with Crippen LogP contribution >= 0.6 is 11.3 Å². The van der Waals surface area contributed by atoms with Crippen molar-refractivity contribution in [3.63, 3.8) is 0 Å². The van der Waals surface area contributed by atoms with Gasteiger partial charge in [0.05, 0.1) is 18.3 Å². The zero-order chi connectivity index (χ0) is 20.8. The van der Waals surface area contributed by atoms with Crippen molar-refractivity contribution in [3.05, 3.63) is 32.4 Å². The summed E-state index contributed by atoms with van der Waals surface area (Å²) in [6.07, 6.45) is -1.57. The Kier molecular flexibility index (Phi) is 4.94. The van der Waals surface area contributed by atoms with E-state index in [2.05, 4.69) is 16.2 Å². The molecule has 0 spiro atoms. The van der Waals surface area contributed by atoms with Gasteiger partial charge < -0.3 is 4.90 Å². The number of carbonyl (C=O) groups excluding carboxylic acids is 1. The number of carbonyl (C=O) groups is 1. The topological polar surface area (TPSA) is 96.8 Å². The van der Waals surface area contributed by atoms with Gasteiger partial charge >= 0.3 is 11.9 Å². The normalized spacial score (nSPS) is 21.8. The molecular formula is C17H17F3N6O2S. The Morgan fingerprint density at radius 2 is 2.14 bits per heavy atom. The van der Waals surface area contributed by atoms with Crippen LogP contribution in [0.25, 0.3) is 0 Å². The van der Waals surface area contributed by atoms with Gasteiger partial charge in [0.2, 0.25) is 5.91 Å². The molecule has 2 atom stereocenters. The highest BCUT2D eigenvalue weighted by atomic mass is 32.1. The molecule has 0 bridgehead atoms. The molecule has 1 amide bonds. The third-order valence-corrected chi connectivity index (χ3v) is 6.14. The maximum absolute atomic E-state index is 13.0. The Balaban J connectivity index is 1.61. The molecule has 1 fully saturated rings. The number of likely N-dealkylation sites (tertiary alicyclic amines) is 1. The number of nitriles is 1. The quantitative estimate of drug-likeness (QED) is 0.748. The van der Waals surface area contributed by atoms with Gasteiger partial charge in [-0.2, -0.15) is 23.5 Å². The second-order valence-corrected chi connectivity index (χ2v) is 7.95. The van der Waals surface area contributed by atoms with Crippen molar-refractivity contribution in [3.8, 4) is 6.07 Å². The van der Waals surface area contributed by atoms with E-state index < -0.39 is 29.0 Å². The SMILES string of the molecule is N#C[C@@H]1CCCN1C(=O)[C@@H]1CCCc2nn(Cc3csc(C(F)(F)F)n3)c(=O)n21. The van der Waals surface area contributed by atoms with Crippen LogP contribution in [0.15, 0.2) is 10.2 Å². The summed E-state index contributed by atoms with van der Waals surface area (Å²) < 4.78 is 40.6. The van der Waals surface area contributed by atoms with Gasteiger partial charge in [-0.25, -0.2) is 14.5 Å². The molecule has 12 heteroatoms. The first-order valence-corrected chi connectivity index (χ1v) is 10.1. The number of nitrogens with zero attached hydrogens (tertiary/aromatic N) is 6. The number of amides is 1. The van der Waals surface area contributed by atoms with Crippen LogP contribution in [-0.4, -0.2) is 42.7 Å². The Labute approximate surface area is 167 Å². The van der Waals surface area contributed by atoms with Crippen molar-refractivity contribution in [2.75, 3.05) is 6.54 Å². The second-order valence-electron chi connectivity index (χ2n) is 7.09. The third kappa shape index (κ3) is 3.55. The van der Waals surface area contributed by atoms with E-state index in [1.807, 2.05) is 0 Å². The largest absolute Gasteiger partial charge is 0.443 e. The first kappa shape index (κ1) is 19.6. The number of hydrogen-bond donors (Lipinski definition) is 0. The molecular weight excluding hydrogens is 409 g/mol. The number of aryl methyl sites for hydroxylation is 1. The van der Waals surface area contributed by atoms with E-state index in [4.69, 9.17) is 0 Å². The molecule has 4 heterocycles. The number of hydrogen-bond acceptors (Lipinski definition) is 6. The van der Waals surface area contributed by atoms with E-state index >= 15 is 0 Å². The van der Waals surface area contributed by atoms with Crippen molar-refractivity contribution in [1.29, 1.82) is 5.26 Å². The highest BCUT2D eigenvalue weighted by Gasteiger charge is 2.38. The Hall–Kier alpha value is -2.68. The molecule has 0 aliphatic carbocycles. The Morgan fingerprint density at radius 3 is 2.83 bits per heavy atom. The zero-order valence-electron chi connectivity index (χ0n) is 15.2. The van der Waals surface area contributed by atoms with Gasteiger partial charge in [-0.05, 0) is 25.7 Å². The van der Waals surface area contributed by atoms with Crippen LogP contribution in [0, 0.1) is 11.3 Å². The standard InChI is InChI=1S/C17H17F3N6O2S/c18-17(19,20)15-22-10(9-29-15)8-25-16(28)26-12(4-1-5-13(26)23-25)14(27)24-6-2-3-11(24)7-21/h9,11-12H,1-6,8H2/t11-,12-/m0/s1. The van der Waals surface area contributed by atoms with Gasteiger partial charge in [0.25, 0.3) is 0 Å². The fourth-order valence-corrected chi connectivity index (χ4v) is 4.57. The minimum atomic E-state index is -4.54. The smallest absolute Gasteiger partial charge is 0.325 e. The highest BCUT2D eigenvalue weighted by molar-refractivity contribution is 7.09.